The van der Waals surface area contributed by atoms with Crippen LogP contribution < -0.4 is 9.47 Å². The lowest BCUT2D eigenvalue weighted by Crippen LogP contribution is -2.43. The maximum atomic E-state index is 12.3. The Bertz CT molecular complexity index is 716. The number of ether oxygens (including phenoxy) is 2. The third-order valence-electron chi connectivity index (χ3n) is 4.01. The second kappa shape index (κ2) is 8.16. The molecule has 1 saturated heterocycles. The fourth-order valence-electron chi connectivity index (χ4n) is 2.66. The summed E-state index contributed by atoms with van der Waals surface area (Å²) in [5.41, 5.74) is 0. The molecule has 1 aromatic heterocycles. The molecule has 7 heteroatoms. The number of hydrogen-bond donors (Lipinski definition) is 0. The molecule has 132 valence electrons. The Hall–Kier alpha value is -2.34. The molecule has 1 amide bonds. The number of hydrogen-bond acceptors (Lipinski definition) is 5. The highest BCUT2D eigenvalue weighted by Crippen LogP contribution is 2.18. The molecule has 3 rings (SSSR count). The van der Waals surface area contributed by atoms with Crippen LogP contribution in [0.2, 0.25) is 5.02 Å². The van der Waals surface area contributed by atoms with Crippen LogP contribution in [0.5, 0.6) is 11.6 Å². The molecule has 2 heterocycles. The van der Waals surface area contributed by atoms with Crippen LogP contribution >= 0.6 is 11.6 Å². The summed E-state index contributed by atoms with van der Waals surface area (Å²) in [6.45, 7) is 3.15. The van der Waals surface area contributed by atoms with Gasteiger partial charge in [0.2, 0.25) is 5.88 Å². The molecule has 0 atom stereocenters. The number of benzene rings is 1. The van der Waals surface area contributed by atoms with Crippen molar-refractivity contribution in [2.24, 2.45) is 0 Å². The van der Waals surface area contributed by atoms with Crippen LogP contribution in [0, 0.1) is 6.92 Å². The van der Waals surface area contributed by atoms with Crippen molar-refractivity contribution in [3.8, 4) is 11.6 Å². The summed E-state index contributed by atoms with van der Waals surface area (Å²) >= 11 is 5.83. The average Bonchev–Trinajstić information content (AvgIpc) is 2.62. The molecule has 0 radical (unpaired) electrons. The topological polar surface area (TPSA) is 64.5 Å². The molecular weight excluding hydrogens is 342 g/mol. The minimum atomic E-state index is -0.0220. The van der Waals surface area contributed by atoms with Gasteiger partial charge in [0.1, 0.15) is 17.7 Å². The molecule has 0 bridgehead atoms. The molecule has 1 aliphatic rings. The summed E-state index contributed by atoms with van der Waals surface area (Å²) in [5.74, 6) is 1.88. The van der Waals surface area contributed by atoms with E-state index in [1.165, 1.54) is 0 Å². The van der Waals surface area contributed by atoms with Crippen LogP contribution in [0.15, 0.2) is 36.5 Å². The molecule has 1 fully saturated rings. The van der Waals surface area contributed by atoms with Gasteiger partial charge in [0.25, 0.3) is 5.91 Å². The van der Waals surface area contributed by atoms with Crippen LogP contribution in [0.25, 0.3) is 0 Å². The Morgan fingerprint density at radius 2 is 1.96 bits per heavy atom. The van der Waals surface area contributed by atoms with Crippen LogP contribution in [0.4, 0.5) is 0 Å². The van der Waals surface area contributed by atoms with Gasteiger partial charge >= 0.3 is 0 Å². The number of halogens is 1. The fraction of sp³-hybridized carbons (Fsp3) is 0.389. The minimum Gasteiger partial charge on any atom is -0.484 e. The largest absolute Gasteiger partial charge is 0.484 e. The Kier molecular flexibility index (Phi) is 5.71. The molecule has 1 aromatic carbocycles. The van der Waals surface area contributed by atoms with Gasteiger partial charge in [-0.25, -0.2) is 4.98 Å². The van der Waals surface area contributed by atoms with E-state index in [4.69, 9.17) is 21.1 Å². The summed E-state index contributed by atoms with van der Waals surface area (Å²) in [5, 5.41) is 0.639. The monoisotopic (exact) mass is 361 g/mol. The average molecular weight is 362 g/mol. The maximum absolute atomic E-state index is 12.3. The highest BCUT2D eigenvalue weighted by Gasteiger charge is 2.24. The summed E-state index contributed by atoms with van der Waals surface area (Å²) in [6.07, 6.45) is 3.30. The Morgan fingerprint density at radius 3 is 2.64 bits per heavy atom. The second-order valence-electron chi connectivity index (χ2n) is 5.88. The number of amides is 1. The Labute approximate surface area is 151 Å². The first-order chi connectivity index (χ1) is 12.1. The number of aryl methyl sites for hydroxylation is 1. The van der Waals surface area contributed by atoms with E-state index >= 15 is 0 Å². The first kappa shape index (κ1) is 17.5. The summed E-state index contributed by atoms with van der Waals surface area (Å²) in [6, 6.07) is 8.72. The van der Waals surface area contributed by atoms with Crippen molar-refractivity contribution in [1.29, 1.82) is 0 Å². The van der Waals surface area contributed by atoms with Gasteiger partial charge in [0.05, 0.1) is 0 Å². The van der Waals surface area contributed by atoms with Gasteiger partial charge in [-0.15, -0.1) is 0 Å². The van der Waals surface area contributed by atoms with Gasteiger partial charge in [-0.1, -0.05) is 11.6 Å². The van der Waals surface area contributed by atoms with Crippen LogP contribution in [0.1, 0.15) is 18.7 Å². The van der Waals surface area contributed by atoms with Crippen molar-refractivity contribution in [3.05, 3.63) is 47.4 Å². The number of piperidine rings is 1. The standard InChI is InChI=1S/C18H20ClN3O3/c1-13-20-9-6-17(21-13)25-16-7-10-22(11-8-16)18(23)12-24-15-4-2-14(19)3-5-15/h2-6,9,16H,7-8,10-12H2,1H3. The normalized spacial score (nSPS) is 15.0. The predicted molar refractivity (Wildman–Crippen MR) is 93.9 cm³/mol. The molecular formula is C18H20ClN3O3. The number of nitrogens with zero attached hydrogens (tertiary/aromatic N) is 3. The number of carbonyl (C=O) groups excluding carboxylic acids is 1. The molecule has 0 N–H and O–H groups in total. The highest BCUT2D eigenvalue weighted by atomic mass is 35.5. The van der Waals surface area contributed by atoms with Crippen LogP contribution in [-0.2, 0) is 4.79 Å². The van der Waals surface area contributed by atoms with E-state index in [1.54, 1.807) is 41.4 Å². The Balaban J connectivity index is 1.43. The zero-order valence-corrected chi connectivity index (χ0v) is 14.8. The smallest absolute Gasteiger partial charge is 0.260 e. The van der Waals surface area contributed by atoms with Gasteiger partial charge < -0.3 is 14.4 Å². The first-order valence-corrected chi connectivity index (χ1v) is 8.60. The lowest BCUT2D eigenvalue weighted by molar-refractivity contribution is -0.135. The van der Waals surface area contributed by atoms with Crippen molar-refractivity contribution in [3.63, 3.8) is 0 Å². The van der Waals surface area contributed by atoms with E-state index in [9.17, 15) is 4.79 Å². The third-order valence-corrected chi connectivity index (χ3v) is 4.26. The van der Waals surface area contributed by atoms with Gasteiger partial charge in [0.15, 0.2) is 6.61 Å². The van der Waals surface area contributed by atoms with E-state index < -0.39 is 0 Å². The molecule has 0 aliphatic carbocycles. The Morgan fingerprint density at radius 1 is 1.24 bits per heavy atom. The highest BCUT2D eigenvalue weighted by molar-refractivity contribution is 6.30. The van der Waals surface area contributed by atoms with Crippen molar-refractivity contribution in [1.82, 2.24) is 14.9 Å². The predicted octanol–water partition coefficient (Wildman–Crippen LogP) is 2.89. The third kappa shape index (κ3) is 5.06. The molecule has 0 saturated carbocycles. The van der Waals surface area contributed by atoms with Crippen molar-refractivity contribution in [2.45, 2.75) is 25.9 Å². The molecule has 25 heavy (non-hydrogen) atoms. The molecule has 6 nitrogen and oxygen atoms in total. The SMILES string of the molecule is Cc1nccc(OC2CCN(C(=O)COc3ccc(Cl)cc3)CC2)n1. The van der Waals surface area contributed by atoms with Crippen LogP contribution in [-0.4, -0.2) is 46.6 Å². The summed E-state index contributed by atoms with van der Waals surface area (Å²) in [4.78, 5) is 22.4. The quantitative estimate of drug-likeness (QED) is 0.819. The second-order valence-corrected chi connectivity index (χ2v) is 6.32. The van der Waals surface area contributed by atoms with Crippen LogP contribution in [0.3, 0.4) is 0 Å². The zero-order chi connectivity index (χ0) is 17.6. The first-order valence-electron chi connectivity index (χ1n) is 8.22. The van der Waals surface area contributed by atoms with Gasteiger partial charge in [-0.05, 0) is 31.2 Å². The number of rotatable bonds is 5. The van der Waals surface area contributed by atoms with Gasteiger partial charge in [0, 0.05) is 43.2 Å². The fourth-order valence-corrected chi connectivity index (χ4v) is 2.79. The van der Waals surface area contributed by atoms with E-state index in [-0.39, 0.29) is 18.6 Å². The number of aromatic nitrogens is 2. The number of likely N-dealkylation sites (tertiary alicyclic amines) is 1. The minimum absolute atomic E-state index is 0.0220. The van der Waals surface area contributed by atoms with Crippen molar-refractivity contribution >= 4 is 17.5 Å². The molecule has 2 aromatic rings. The summed E-state index contributed by atoms with van der Waals surface area (Å²) in [7, 11) is 0. The van der Waals surface area contributed by atoms with E-state index in [2.05, 4.69) is 9.97 Å². The van der Waals surface area contributed by atoms with E-state index in [0.717, 1.165) is 12.8 Å². The zero-order valence-electron chi connectivity index (χ0n) is 14.0. The van der Waals surface area contributed by atoms with Gasteiger partial charge in [-0.2, -0.15) is 4.98 Å². The molecule has 0 unspecified atom stereocenters. The maximum Gasteiger partial charge on any atom is 0.260 e. The molecule has 1 aliphatic heterocycles. The summed E-state index contributed by atoms with van der Waals surface area (Å²) < 4.78 is 11.4. The van der Waals surface area contributed by atoms with E-state index in [0.29, 0.717) is 35.6 Å². The lowest BCUT2D eigenvalue weighted by Gasteiger charge is -2.31. The lowest BCUT2D eigenvalue weighted by atomic mass is 10.1. The molecule has 0 spiro atoms. The van der Waals surface area contributed by atoms with Crippen molar-refractivity contribution < 1.29 is 14.3 Å². The number of carbonyl (C=O) groups is 1. The van der Waals surface area contributed by atoms with Crippen molar-refractivity contribution in [2.75, 3.05) is 19.7 Å². The van der Waals surface area contributed by atoms with Gasteiger partial charge in [-0.3, -0.25) is 4.79 Å². The van der Waals surface area contributed by atoms with E-state index in [1.807, 2.05) is 6.92 Å².